The summed E-state index contributed by atoms with van der Waals surface area (Å²) in [7, 11) is 0. The minimum atomic E-state index is -0.598. The first-order chi connectivity index (χ1) is 17.4. The van der Waals surface area contributed by atoms with Gasteiger partial charge in [0.05, 0.1) is 18.2 Å². The Kier molecular flexibility index (Phi) is 6.99. The molecule has 0 bridgehead atoms. The third-order valence-corrected chi connectivity index (χ3v) is 8.18. The van der Waals surface area contributed by atoms with Crippen LogP contribution < -0.4 is 10.7 Å². The van der Waals surface area contributed by atoms with Crippen LogP contribution in [0.15, 0.2) is 65.8 Å². The van der Waals surface area contributed by atoms with Crippen LogP contribution in [0.4, 0.5) is 5.00 Å². The minimum absolute atomic E-state index is 0.235. The van der Waals surface area contributed by atoms with Crippen molar-refractivity contribution in [2.24, 2.45) is 0 Å². The summed E-state index contributed by atoms with van der Waals surface area (Å²) in [6.45, 7) is 3.82. The Labute approximate surface area is 221 Å². The third kappa shape index (κ3) is 4.84. The number of esters is 1. The van der Waals surface area contributed by atoms with Gasteiger partial charge >= 0.3 is 5.97 Å². The number of nitrogens with one attached hydrogen (secondary N) is 2. The number of aryl methyl sites for hydroxylation is 1. The molecule has 1 aliphatic rings. The van der Waals surface area contributed by atoms with Crippen molar-refractivity contribution < 1.29 is 14.3 Å². The number of halogens is 1. The summed E-state index contributed by atoms with van der Waals surface area (Å²) in [5, 5.41) is 12.3. The molecule has 0 fully saturated rings. The molecule has 4 aromatic rings. The molecule has 0 radical (unpaired) electrons. The molecular weight excluding hydrogens is 518 g/mol. The van der Waals surface area contributed by atoms with Crippen LogP contribution in [0.2, 0.25) is 5.02 Å². The third-order valence-electron chi connectivity index (χ3n) is 5.61. The number of anilines is 1. The summed E-state index contributed by atoms with van der Waals surface area (Å²) >= 11 is 8.74. The second kappa shape index (κ2) is 10.3. The van der Waals surface area contributed by atoms with Gasteiger partial charge in [0.2, 0.25) is 11.1 Å². The lowest BCUT2D eigenvalue weighted by Gasteiger charge is -2.32. The van der Waals surface area contributed by atoms with Gasteiger partial charge in [-0.15, -0.1) is 21.5 Å². The number of carbonyl (C=O) groups is 2. The number of rotatable bonds is 6. The van der Waals surface area contributed by atoms with E-state index >= 15 is 0 Å². The summed E-state index contributed by atoms with van der Waals surface area (Å²) in [6, 6.07) is 18.4. The zero-order chi connectivity index (χ0) is 25.2. The maximum atomic E-state index is 13.7. The minimum Gasteiger partial charge on any atom is -0.462 e. The molecule has 2 atom stereocenters. The van der Waals surface area contributed by atoms with Gasteiger partial charge in [-0.25, -0.2) is 9.47 Å². The number of thioether (sulfide) groups is 1. The molecule has 2 aromatic heterocycles. The molecule has 8 nitrogen and oxygen atoms in total. The van der Waals surface area contributed by atoms with E-state index in [1.54, 1.807) is 29.8 Å². The number of carbonyl (C=O) groups excluding carboxylic acids is 2. The number of benzene rings is 2. The maximum Gasteiger partial charge on any atom is 0.341 e. The molecule has 0 spiro atoms. The number of fused-ring (bicyclic) bond motifs is 1. The van der Waals surface area contributed by atoms with Crippen molar-refractivity contribution in [3.8, 4) is 10.4 Å². The Morgan fingerprint density at radius 3 is 2.61 bits per heavy atom. The predicted octanol–water partition coefficient (Wildman–Crippen LogP) is 5.54. The molecule has 36 heavy (non-hydrogen) atoms. The van der Waals surface area contributed by atoms with Gasteiger partial charge in [0.15, 0.2) is 0 Å². The Hall–Kier alpha value is -3.34. The fraction of sp³-hybridized carbons (Fsp3) is 0.200. The molecular formula is C25H22ClN5O3S2. The van der Waals surface area contributed by atoms with Crippen LogP contribution in [0.3, 0.4) is 0 Å². The van der Waals surface area contributed by atoms with Crippen LogP contribution >= 0.6 is 34.7 Å². The molecule has 2 N–H and O–H groups in total. The van der Waals surface area contributed by atoms with Crippen molar-refractivity contribution in [1.82, 2.24) is 14.9 Å². The quantitative estimate of drug-likeness (QED) is 0.310. The van der Waals surface area contributed by atoms with E-state index in [1.807, 2.05) is 49.4 Å². The number of amides is 1. The standard InChI is InChI=1S/C25H22ClN5O3S2/c1-3-34-24(33)18-13-19(15-7-5-4-6-8-15)35-23(18)27-22(32)21-20(16-9-11-17(26)12-10-16)30-31-14(2)28-29-25(31)36-21/h4-13,20-21,30H,3H2,1-2H3,(H,27,32). The SMILES string of the molecule is CCOC(=O)c1cc(-c2ccccc2)sc1NC(=O)C1Sc2nnc(C)n2NC1c1ccc(Cl)cc1. The highest BCUT2D eigenvalue weighted by Gasteiger charge is 2.38. The normalized spacial score (nSPS) is 16.6. The Morgan fingerprint density at radius 2 is 1.89 bits per heavy atom. The summed E-state index contributed by atoms with van der Waals surface area (Å²) in [5.41, 5.74) is 5.52. The predicted molar refractivity (Wildman–Crippen MR) is 142 cm³/mol. The first kappa shape index (κ1) is 24.4. The number of hydrogen-bond acceptors (Lipinski definition) is 8. The molecule has 2 unspecified atom stereocenters. The van der Waals surface area contributed by atoms with E-state index in [1.165, 1.54) is 23.1 Å². The van der Waals surface area contributed by atoms with Crippen molar-refractivity contribution >= 4 is 51.6 Å². The largest absolute Gasteiger partial charge is 0.462 e. The number of nitrogens with zero attached hydrogens (tertiary/aromatic N) is 3. The van der Waals surface area contributed by atoms with Crippen molar-refractivity contribution in [1.29, 1.82) is 0 Å². The highest BCUT2D eigenvalue weighted by atomic mass is 35.5. The second-order valence-corrected chi connectivity index (χ2v) is 10.6. The van der Waals surface area contributed by atoms with Crippen molar-refractivity contribution in [3.05, 3.63) is 82.6 Å². The fourth-order valence-corrected chi connectivity index (χ4v) is 6.16. The zero-order valence-corrected chi connectivity index (χ0v) is 21.8. The smallest absolute Gasteiger partial charge is 0.341 e. The monoisotopic (exact) mass is 539 g/mol. The molecule has 11 heteroatoms. The highest BCUT2D eigenvalue weighted by Crippen LogP contribution is 2.40. The molecule has 0 saturated carbocycles. The summed E-state index contributed by atoms with van der Waals surface area (Å²) in [5.74, 6) is -0.0673. The summed E-state index contributed by atoms with van der Waals surface area (Å²) in [6.07, 6.45) is 0. The lowest BCUT2D eigenvalue weighted by Crippen LogP contribution is -2.41. The van der Waals surface area contributed by atoms with Crippen molar-refractivity contribution in [3.63, 3.8) is 0 Å². The average molecular weight is 540 g/mol. The molecule has 2 aromatic carbocycles. The summed E-state index contributed by atoms with van der Waals surface area (Å²) in [4.78, 5) is 27.3. The van der Waals surface area contributed by atoms with Crippen LogP contribution in [0, 0.1) is 6.92 Å². The molecule has 184 valence electrons. The van der Waals surface area contributed by atoms with Gasteiger partial charge in [0.25, 0.3) is 0 Å². The van der Waals surface area contributed by atoms with Crippen LogP contribution in [0.5, 0.6) is 0 Å². The van der Waals surface area contributed by atoms with Crippen molar-refractivity contribution in [2.75, 3.05) is 17.3 Å². The van der Waals surface area contributed by atoms with Crippen LogP contribution in [-0.4, -0.2) is 38.6 Å². The van der Waals surface area contributed by atoms with E-state index in [0.29, 0.717) is 26.6 Å². The van der Waals surface area contributed by atoms with Gasteiger partial charge in [0, 0.05) is 9.90 Å². The lowest BCUT2D eigenvalue weighted by molar-refractivity contribution is -0.116. The highest BCUT2D eigenvalue weighted by molar-refractivity contribution is 8.00. The number of thiophene rings is 1. The second-order valence-electron chi connectivity index (χ2n) is 7.99. The van der Waals surface area contributed by atoms with E-state index in [2.05, 4.69) is 20.9 Å². The van der Waals surface area contributed by atoms with Gasteiger partial charge in [-0.1, -0.05) is 65.8 Å². The molecule has 1 amide bonds. The van der Waals surface area contributed by atoms with Crippen LogP contribution in [0.1, 0.15) is 34.7 Å². The first-order valence-corrected chi connectivity index (χ1v) is 13.3. The molecule has 0 aliphatic carbocycles. The zero-order valence-electron chi connectivity index (χ0n) is 19.4. The van der Waals surface area contributed by atoms with E-state index < -0.39 is 17.3 Å². The van der Waals surface area contributed by atoms with Gasteiger partial charge in [-0.05, 0) is 43.2 Å². The van der Waals surface area contributed by atoms with Crippen molar-refractivity contribution in [2.45, 2.75) is 30.3 Å². The van der Waals surface area contributed by atoms with E-state index in [-0.39, 0.29) is 12.5 Å². The lowest BCUT2D eigenvalue weighted by atomic mass is 10.0. The Bertz CT molecular complexity index is 1410. The summed E-state index contributed by atoms with van der Waals surface area (Å²) < 4.78 is 7.03. The van der Waals surface area contributed by atoms with E-state index in [9.17, 15) is 9.59 Å². The van der Waals surface area contributed by atoms with E-state index in [4.69, 9.17) is 16.3 Å². The average Bonchev–Trinajstić information content (AvgIpc) is 3.48. The fourth-order valence-electron chi connectivity index (χ4n) is 3.85. The van der Waals surface area contributed by atoms with E-state index in [0.717, 1.165) is 16.0 Å². The molecule has 1 aliphatic heterocycles. The van der Waals surface area contributed by atoms with Gasteiger partial charge in [-0.2, -0.15) is 0 Å². The van der Waals surface area contributed by atoms with Gasteiger partial charge < -0.3 is 15.5 Å². The Balaban J connectivity index is 1.49. The number of aromatic nitrogens is 3. The van der Waals surface area contributed by atoms with Crippen LogP contribution in [0.25, 0.3) is 10.4 Å². The molecule has 5 rings (SSSR count). The van der Waals surface area contributed by atoms with Gasteiger partial charge in [-0.3, -0.25) is 4.79 Å². The topological polar surface area (TPSA) is 98.1 Å². The number of hydrogen-bond donors (Lipinski definition) is 2. The maximum absolute atomic E-state index is 13.7. The Morgan fingerprint density at radius 1 is 1.14 bits per heavy atom. The number of ether oxygens (including phenoxy) is 1. The molecule has 3 heterocycles. The van der Waals surface area contributed by atoms with Crippen LogP contribution in [-0.2, 0) is 9.53 Å². The molecule has 0 saturated heterocycles. The first-order valence-electron chi connectivity index (χ1n) is 11.2. The van der Waals surface area contributed by atoms with Gasteiger partial charge in [0.1, 0.15) is 16.1 Å².